The van der Waals surface area contributed by atoms with Gasteiger partial charge in [0.2, 0.25) is 0 Å². The third-order valence-corrected chi connectivity index (χ3v) is 3.20. The van der Waals surface area contributed by atoms with E-state index in [1.165, 1.54) is 0 Å². The van der Waals surface area contributed by atoms with Crippen LogP contribution in [0.15, 0.2) is 6.20 Å². The molecule has 0 radical (unpaired) electrons. The average molecular weight is 269 g/mol. The van der Waals surface area contributed by atoms with E-state index in [4.69, 9.17) is 4.74 Å². The summed E-state index contributed by atoms with van der Waals surface area (Å²) in [5.41, 5.74) is 0.995. The SMILES string of the molecule is CCNCc1cn(CCN(CC)C(C)COC)nn1. The first-order valence-corrected chi connectivity index (χ1v) is 7.03. The van der Waals surface area contributed by atoms with Gasteiger partial charge in [0.05, 0.1) is 18.8 Å². The Hall–Kier alpha value is -0.980. The van der Waals surface area contributed by atoms with Crippen LogP contribution in [0.4, 0.5) is 0 Å². The van der Waals surface area contributed by atoms with Crippen molar-refractivity contribution in [2.24, 2.45) is 0 Å². The highest BCUT2D eigenvalue weighted by molar-refractivity contribution is 4.91. The maximum Gasteiger partial charge on any atom is 0.0964 e. The molecule has 1 atom stereocenters. The molecule has 1 rings (SSSR count). The van der Waals surface area contributed by atoms with Gasteiger partial charge in [-0.3, -0.25) is 9.58 Å². The summed E-state index contributed by atoms with van der Waals surface area (Å²) in [6.07, 6.45) is 2.01. The van der Waals surface area contributed by atoms with E-state index in [-0.39, 0.29) is 0 Å². The molecule has 110 valence electrons. The lowest BCUT2D eigenvalue weighted by Gasteiger charge is -2.26. The van der Waals surface area contributed by atoms with Crippen LogP contribution in [0.5, 0.6) is 0 Å². The average Bonchev–Trinajstić information content (AvgIpc) is 2.85. The first-order valence-electron chi connectivity index (χ1n) is 7.03. The first kappa shape index (κ1) is 16.1. The highest BCUT2D eigenvalue weighted by Crippen LogP contribution is 2.00. The van der Waals surface area contributed by atoms with Crippen molar-refractivity contribution in [1.82, 2.24) is 25.2 Å². The molecule has 6 heteroatoms. The van der Waals surface area contributed by atoms with E-state index < -0.39 is 0 Å². The number of likely N-dealkylation sites (N-methyl/N-ethyl adjacent to an activating group) is 1. The Morgan fingerprint density at radius 3 is 2.89 bits per heavy atom. The van der Waals surface area contributed by atoms with Crippen LogP contribution >= 0.6 is 0 Å². The molecule has 1 heterocycles. The van der Waals surface area contributed by atoms with Crippen LogP contribution in [-0.4, -0.2) is 59.3 Å². The molecule has 1 unspecified atom stereocenters. The lowest BCUT2D eigenvalue weighted by molar-refractivity contribution is 0.0994. The first-order chi connectivity index (χ1) is 9.21. The Bertz CT molecular complexity index is 342. The number of nitrogens with one attached hydrogen (secondary N) is 1. The Labute approximate surface area is 116 Å². The molecule has 6 nitrogen and oxygen atoms in total. The molecular weight excluding hydrogens is 242 g/mol. The molecule has 1 aromatic rings. The van der Waals surface area contributed by atoms with Crippen molar-refractivity contribution in [3.63, 3.8) is 0 Å². The largest absolute Gasteiger partial charge is 0.383 e. The third-order valence-electron chi connectivity index (χ3n) is 3.20. The molecule has 0 saturated carbocycles. The zero-order valence-electron chi connectivity index (χ0n) is 12.6. The third kappa shape index (κ3) is 5.67. The van der Waals surface area contributed by atoms with E-state index in [2.05, 4.69) is 41.3 Å². The lowest BCUT2D eigenvalue weighted by Crippen LogP contribution is -2.38. The summed E-state index contributed by atoms with van der Waals surface area (Å²) in [5, 5.41) is 11.5. The monoisotopic (exact) mass is 269 g/mol. The van der Waals surface area contributed by atoms with Crippen molar-refractivity contribution in [2.45, 2.75) is 39.9 Å². The summed E-state index contributed by atoms with van der Waals surface area (Å²) in [6, 6.07) is 0.430. The van der Waals surface area contributed by atoms with Crippen molar-refractivity contribution < 1.29 is 4.74 Å². The molecule has 0 bridgehead atoms. The molecule has 0 aliphatic carbocycles. The van der Waals surface area contributed by atoms with Gasteiger partial charge in [0, 0.05) is 32.4 Å². The lowest BCUT2D eigenvalue weighted by atomic mass is 10.3. The van der Waals surface area contributed by atoms with Crippen molar-refractivity contribution in [3.05, 3.63) is 11.9 Å². The van der Waals surface area contributed by atoms with Crippen LogP contribution in [0.1, 0.15) is 26.5 Å². The number of methoxy groups -OCH3 is 1. The summed E-state index contributed by atoms with van der Waals surface area (Å²) in [5.74, 6) is 0. The standard InChI is InChI=1S/C13H27N5O/c1-5-14-9-13-10-18(16-15-13)8-7-17(6-2)12(3)11-19-4/h10,12,14H,5-9,11H2,1-4H3. The molecule has 0 aliphatic heterocycles. The Morgan fingerprint density at radius 2 is 2.26 bits per heavy atom. The highest BCUT2D eigenvalue weighted by Gasteiger charge is 2.11. The molecule has 1 aromatic heterocycles. The van der Waals surface area contributed by atoms with Gasteiger partial charge in [-0.25, -0.2) is 0 Å². The molecule has 0 amide bonds. The maximum atomic E-state index is 5.20. The van der Waals surface area contributed by atoms with E-state index in [0.29, 0.717) is 6.04 Å². The minimum Gasteiger partial charge on any atom is -0.383 e. The second kappa shape index (κ2) is 9.01. The fourth-order valence-electron chi connectivity index (χ4n) is 2.05. The van der Waals surface area contributed by atoms with Crippen LogP contribution in [0.3, 0.4) is 0 Å². The summed E-state index contributed by atoms with van der Waals surface area (Å²) in [6.45, 7) is 11.8. The van der Waals surface area contributed by atoms with Gasteiger partial charge in [-0.2, -0.15) is 0 Å². The zero-order chi connectivity index (χ0) is 14.1. The fraction of sp³-hybridized carbons (Fsp3) is 0.846. The summed E-state index contributed by atoms with van der Waals surface area (Å²) < 4.78 is 7.11. The maximum absolute atomic E-state index is 5.20. The highest BCUT2D eigenvalue weighted by atomic mass is 16.5. The van der Waals surface area contributed by atoms with Crippen molar-refractivity contribution in [1.29, 1.82) is 0 Å². The van der Waals surface area contributed by atoms with E-state index in [1.807, 2.05) is 10.9 Å². The number of aromatic nitrogens is 3. The number of ether oxygens (including phenoxy) is 1. The predicted octanol–water partition coefficient (Wildman–Crippen LogP) is 0.744. The zero-order valence-corrected chi connectivity index (χ0v) is 12.6. The van der Waals surface area contributed by atoms with E-state index in [1.54, 1.807) is 7.11 Å². The fourth-order valence-corrected chi connectivity index (χ4v) is 2.05. The van der Waals surface area contributed by atoms with Crippen LogP contribution in [0, 0.1) is 0 Å². The summed E-state index contributed by atoms with van der Waals surface area (Å²) >= 11 is 0. The molecule has 0 spiro atoms. The quantitative estimate of drug-likeness (QED) is 0.679. The number of hydrogen-bond donors (Lipinski definition) is 1. The van der Waals surface area contributed by atoms with Crippen LogP contribution in [-0.2, 0) is 17.8 Å². The van der Waals surface area contributed by atoms with Crippen molar-refractivity contribution in [2.75, 3.05) is 33.4 Å². The van der Waals surface area contributed by atoms with Gasteiger partial charge in [0.1, 0.15) is 0 Å². The summed E-state index contributed by atoms with van der Waals surface area (Å²) in [4.78, 5) is 2.38. The second-order valence-electron chi connectivity index (χ2n) is 4.69. The number of rotatable bonds is 10. The minimum atomic E-state index is 0.430. The minimum absolute atomic E-state index is 0.430. The predicted molar refractivity (Wildman–Crippen MR) is 76.0 cm³/mol. The molecule has 0 aliphatic rings. The second-order valence-corrected chi connectivity index (χ2v) is 4.69. The number of nitrogens with zero attached hydrogens (tertiary/aromatic N) is 4. The molecule has 19 heavy (non-hydrogen) atoms. The van der Waals surface area contributed by atoms with Crippen molar-refractivity contribution in [3.8, 4) is 0 Å². The van der Waals surface area contributed by atoms with Gasteiger partial charge in [0.15, 0.2) is 0 Å². The van der Waals surface area contributed by atoms with Crippen LogP contribution in [0.2, 0.25) is 0 Å². The van der Waals surface area contributed by atoms with Gasteiger partial charge in [-0.15, -0.1) is 5.10 Å². The van der Waals surface area contributed by atoms with Gasteiger partial charge >= 0.3 is 0 Å². The van der Waals surface area contributed by atoms with E-state index >= 15 is 0 Å². The Balaban J connectivity index is 2.39. The van der Waals surface area contributed by atoms with Crippen LogP contribution in [0.25, 0.3) is 0 Å². The summed E-state index contributed by atoms with van der Waals surface area (Å²) in [7, 11) is 1.74. The van der Waals surface area contributed by atoms with Gasteiger partial charge in [-0.1, -0.05) is 19.1 Å². The Morgan fingerprint density at radius 1 is 1.47 bits per heavy atom. The van der Waals surface area contributed by atoms with E-state index in [0.717, 1.165) is 45.0 Å². The van der Waals surface area contributed by atoms with Crippen LogP contribution < -0.4 is 5.32 Å². The molecule has 0 saturated heterocycles. The van der Waals surface area contributed by atoms with Crippen molar-refractivity contribution >= 4 is 0 Å². The smallest absolute Gasteiger partial charge is 0.0964 e. The normalized spacial score (nSPS) is 13.1. The molecule has 0 fully saturated rings. The van der Waals surface area contributed by atoms with E-state index in [9.17, 15) is 0 Å². The van der Waals surface area contributed by atoms with Gasteiger partial charge < -0.3 is 10.1 Å². The molecular formula is C13H27N5O. The topological polar surface area (TPSA) is 55.2 Å². The van der Waals surface area contributed by atoms with Gasteiger partial charge in [-0.05, 0) is 20.0 Å². The Kier molecular flexibility index (Phi) is 7.62. The number of hydrogen-bond acceptors (Lipinski definition) is 5. The van der Waals surface area contributed by atoms with Gasteiger partial charge in [0.25, 0.3) is 0 Å². The molecule has 0 aromatic carbocycles. The molecule has 1 N–H and O–H groups in total.